The number of hydrogen-bond donors (Lipinski definition) is 1. The normalized spacial score (nSPS) is 29.7. The van der Waals surface area contributed by atoms with E-state index in [1.165, 1.54) is 0 Å². The highest BCUT2D eigenvalue weighted by Gasteiger charge is 2.32. The van der Waals surface area contributed by atoms with Crippen LogP contribution in [0.1, 0.15) is 17.3 Å². The summed E-state index contributed by atoms with van der Waals surface area (Å²) >= 11 is 0. The Balaban J connectivity index is 2.17. The van der Waals surface area contributed by atoms with Gasteiger partial charge in [0.1, 0.15) is 11.4 Å². The molecule has 0 aliphatic carbocycles. The minimum absolute atomic E-state index is 0.123. The van der Waals surface area contributed by atoms with Crippen molar-refractivity contribution in [3.63, 3.8) is 0 Å². The van der Waals surface area contributed by atoms with E-state index in [0.29, 0.717) is 0 Å². The molecule has 0 radical (unpaired) electrons. The van der Waals surface area contributed by atoms with E-state index in [2.05, 4.69) is 20.4 Å². The predicted molar refractivity (Wildman–Crippen MR) is 40.7 cm³/mol. The average molecular weight is 162 g/mol. The van der Waals surface area contributed by atoms with E-state index in [0.717, 1.165) is 11.4 Å². The third-order valence-electron chi connectivity index (χ3n) is 2.07. The number of aromatic nitrogens is 3. The molecule has 2 aliphatic heterocycles. The quantitative estimate of drug-likeness (QED) is 0.592. The molecule has 3 heterocycles. The van der Waals surface area contributed by atoms with E-state index in [1.54, 1.807) is 12.5 Å². The van der Waals surface area contributed by atoms with Crippen molar-refractivity contribution in [2.75, 3.05) is 0 Å². The highest BCUT2D eigenvalue weighted by molar-refractivity contribution is 5.80. The molecular weight excluding hydrogens is 156 g/mol. The van der Waals surface area contributed by atoms with Crippen LogP contribution in [0, 0.1) is 0 Å². The van der Waals surface area contributed by atoms with Gasteiger partial charge in [-0.25, -0.2) is 4.99 Å². The van der Waals surface area contributed by atoms with Gasteiger partial charge in [0.2, 0.25) is 6.23 Å². The lowest BCUT2D eigenvalue weighted by atomic mass is 10.0. The molecule has 1 N–H and O–H groups in total. The SMILES string of the molecule is C1=CC2c3n[nH]nc3C=NC2O1. The van der Waals surface area contributed by atoms with Crippen molar-refractivity contribution < 1.29 is 4.74 Å². The molecule has 60 valence electrons. The summed E-state index contributed by atoms with van der Waals surface area (Å²) < 4.78 is 5.22. The van der Waals surface area contributed by atoms with Crippen LogP contribution in [-0.4, -0.2) is 27.9 Å². The zero-order valence-corrected chi connectivity index (χ0v) is 6.14. The number of hydrogen-bond acceptors (Lipinski definition) is 4. The molecule has 1 aromatic rings. The van der Waals surface area contributed by atoms with Gasteiger partial charge >= 0.3 is 0 Å². The first-order valence-electron chi connectivity index (χ1n) is 3.71. The molecule has 0 spiro atoms. The topological polar surface area (TPSA) is 63.2 Å². The Morgan fingerprint density at radius 1 is 1.42 bits per heavy atom. The van der Waals surface area contributed by atoms with Crippen LogP contribution in [0.5, 0.6) is 0 Å². The van der Waals surface area contributed by atoms with Crippen molar-refractivity contribution in [2.45, 2.75) is 12.1 Å². The molecule has 1 aromatic heterocycles. The van der Waals surface area contributed by atoms with Crippen molar-refractivity contribution in [1.29, 1.82) is 0 Å². The molecular formula is C7H6N4O. The van der Waals surface area contributed by atoms with Gasteiger partial charge in [0.25, 0.3) is 0 Å². The first kappa shape index (κ1) is 5.93. The van der Waals surface area contributed by atoms with Gasteiger partial charge in [0.05, 0.1) is 18.4 Å². The number of H-pyrrole nitrogens is 1. The van der Waals surface area contributed by atoms with Crippen molar-refractivity contribution in [3.05, 3.63) is 23.7 Å². The first-order chi connectivity index (χ1) is 5.95. The number of rotatable bonds is 0. The van der Waals surface area contributed by atoms with E-state index in [4.69, 9.17) is 4.74 Å². The van der Waals surface area contributed by atoms with Crippen LogP contribution in [0.15, 0.2) is 17.3 Å². The van der Waals surface area contributed by atoms with E-state index in [-0.39, 0.29) is 12.1 Å². The summed E-state index contributed by atoms with van der Waals surface area (Å²) in [7, 11) is 0. The molecule has 0 amide bonds. The lowest BCUT2D eigenvalue weighted by Gasteiger charge is -2.15. The second-order valence-electron chi connectivity index (χ2n) is 2.75. The molecule has 2 aliphatic rings. The summed E-state index contributed by atoms with van der Waals surface area (Å²) in [4.78, 5) is 4.17. The highest BCUT2D eigenvalue weighted by atomic mass is 16.5. The molecule has 2 atom stereocenters. The van der Waals surface area contributed by atoms with Gasteiger partial charge in [-0.1, -0.05) is 0 Å². The number of aliphatic imine (C=N–C) groups is 1. The molecule has 12 heavy (non-hydrogen) atoms. The third-order valence-corrected chi connectivity index (χ3v) is 2.07. The number of nitrogens with zero attached hydrogens (tertiary/aromatic N) is 3. The Labute approximate surface area is 68.1 Å². The Morgan fingerprint density at radius 3 is 3.42 bits per heavy atom. The molecule has 0 fully saturated rings. The van der Waals surface area contributed by atoms with Gasteiger partial charge in [-0.05, 0) is 6.08 Å². The van der Waals surface area contributed by atoms with Crippen LogP contribution in [-0.2, 0) is 4.74 Å². The average Bonchev–Trinajstić information content (AvgIpc) is 2.71. The maximum absolute atomic E-state index is 5.22. The van der Waals surface area contributed by atoms with E-state index < -0.39 is 0 Å². The van der Waals surface area contributed by atoms with Crippen LogP contribution in [0.3, 0.4) is 0 Å². The Bertz CT molecular complexity index is 367. The fourth-order valence-corrected chi connectivity index (χ4v) is 1.48. The molecule has 0 bridgehead atoms. The van der Waals surface area contributed by atoms with Gasteiger partial charge in [-0.3, -0.25) is 0 Å². The van der Waals surface area contributed by atoms with Gasteiger partial charge in [0.15, 0.2) is 0 Å². The van der Waals surface area contributed by atoms with Crippen LogP contribution < -0.4 is 0 Å². The molecule has 0 aromatic carbocycles. The molecule has 2 unspecified atom stereocenters. The lowest BCUT2D eigenvalue weighted by molar-refractivity contribution is 0.163. The van der Waals surface area contributed by atoms with Crippen LogP contribution in [0.4, 0.5) is 0 Å². The van der Waals surface area contributed by atoms with Crippen LogP contribution >= 0.6 is 0 Å². The van der Waals surface area contributed by atoms with Gasteiger partial charge < -0.3 is 4.74 Å². The van der Waals surface area contributed by atoms with E-state index in [1.807, 2.05) is 6.08 Å². The maximum Gasteiger partial charge on any atom is 0.200 e. The Kier molecular flexibility index (Phi) is 0.957. The van der Waals surface area contributed by atoms with Gasteiger partial charge in [0, 0.05) is 0 Å². The summed E-state index contributed by atoms with van der Waals surface area (Å²) in [6.45, 7) is 0. The smallest absolute Gasteiger partial charge is 0.200 e. The molecule has 3 rings (SSSR count). The Hall–Kier alpha value is -1.65. The first-order valence-corrected chi connectivity index (χ1v) is 3.71. The number of ether oxygens (including phenoxy) is 1. The largest absolute Gasteiger partial charge is 0.476 e. The van der Waals surface area contributed by atoms with Crippen LogP contribution in [0.2, 0.25) is 0 Å². The Morgan fingerprint density at radius 2 is 2.42 bits per heavy atom. The van der Waals surface area contributed by atoms with Gasteiger partial charge in [-0.2, -0.15) is 15.4 Å². The standard InChI is InChI=1S/C7H6N4O/c1-2-12-7-4(1)6-5(3-8-7)9-11-10-6/h1-4,7H,(H,9,10,11). The number of nitrogens with one attached hydrogen (secondary N) is 1. The van der Waals surface area contributed by atoms with Crippen molar-refractivity contribution in [2.24, 2.45) is 4.99 Å². The van der Waals surface area contributed by atoms with E-state index in [9.17, 15) is 0 Å². The maximum atomic E-state index is 5.22. The monoisotopic (exact) mass is 162 g/mol. The summed E-state index contributed by atoms with van der Waals surface area (Å²) in [5.74, 6) is 0.142. The minimum Gasteiger partial charge on any atom is -0.476 e. The zero-order chi connectivity index (χ0) is 7.97. The second kappa shape index (κ2) is 1.94. The second-order valence-corrected chi connectivity index (χ2v) is 2.75. The molecule has 0 saturated carbocycles. The van der Waals surface area contributed by atoms with Gasteiger partial charge in [-0.15, -0.1) is 0 Å². The summed E-state index contributed by atoms with van der Waals surface area (Å²) in [6.07, 6.45) is 5.18. The van der Waals surface area contributed by atoms with Crippen molar-refractivity contribution >= 4 is 6.21 Å². The van der Waals surface area contributed by atoms with E-state index >= 15 is 0 Å². The zero-order valence-electron chi connectivity index (χ0n) is 6.14. The van der Waals surface area contributed by atoms with Crippen molar-refractivity contribution in [1.82, 2.24) is 15.4 Å². The fraction of sp³-hybridized carbons (Fsp3) is 0.286. The third kappa shape index (κ3) is 0.603. The fourth-order valence-electron chi connectivity index (χ4n) is 1.48. The van der Waals surface area contributed by atoms with Crippen LogP contribution in [0.25, 0.3) is 0 Å². The summed E-state index contributed by atoms with van der Waals surface area (Å²) in [5, 5.41) is 10.6. The molecule has 5 heteroatoms. The molecule has 5 nitrogen and oxygen atoms in total. The summed E-state index contributed by atoms with van der Waals surface area (Å²) in [6, 6.07) is 0. The van der Waals surface area contributed by atoms with Crippen molar-refractivity contribution in [3.8, 4) is 0 Å². The predicted octanol–water partition coefficient (Wildman–Crippen LogP) is 0.191. The summed E-state index contributed by atoms with van der Waals surface area (Å²) in [5.41, 5.74) is 1.73. The molecule has 0 saturated heterocycles. The lowest BCUT2D eigenvalue weighted by Crippen LogP contribution is -2.18. The minimum atomic E-state index is -0.123. The number of aromatic amines is 1. The number of fused-ring (bicyclic) bond motifs is 3. The highest BCUT2D eigenvalue weighted by Crippen LogP contribution is 2.31.